The molecule has 1 aromatic rings. The first kappa shape index (κ1) is 18.9. The average Bonchev–Trinajstić information content (AvgIpc) is 3.13. The smallest absolute Gasteiger partial charge is 0.306 e. The number of hydrogen-bond donors (Lipinski definition) is 4. The average molecular weight is 343 g/mol. The van der Waals surface area contributed by atoms with Crippen molar-refractivity contribution >= 4 is 34.8 Å². The van der Waals surface area contributed by atoms with Crippen molar-refractivity contribution in [1.29, 1.82) is 0 Å². The second-order valence-electron chi connectivity index (χ2n) is 5.22. The fourth-order valence-electron chi connectivity index (χ4n) is 2.51. The van der Waals surface area contributed by atoms with Crippen molar-refractivity contribution in [2.75, 3.05) is 12.3 Å². The Balaban J connectivity index is 0.000000816. The van der Waals surface area contributed by atoms with Gasteiger partial charge in [0.25, 0.3) is 6.47 Å². The number of thiazole rings is 1. The molecule has 0 spiro atoms. The fourth-order valence-corrected chi connectivity index (χ4v) is 3.10. The molecule has 0 aromatic carbocycles. The number of nitrogens with zero attached hydrogens (tertiary/aromatic N) is 1. The lowest BCUT2D eigenvalue weighted by atomic mass is 10.0. The standard InChI is InChI=1S/C13H19N3O3S.CH2O2/c14-13-16-10(7-20-13)2-1-5-15-11(17)8-3-4-9(6-8)12(18)19;2-1-3/h7-9H,1-6H2,(H2,14,16)(H,15,17)(H,18,19);1H,(H,2,3)/t8-,9+;/m0./s1. The number of anilines is 1. The molecular weight excluding hydrogens is 322 g/mol. The van der Waals surface area contributed by atoms with Gasteiger partial charge in [-0.3, -0.25) is 14.4 Å². The van der Waals surface area contributed by atoms with Crippen molar-refractivity contribution in [2.45, 2.75) is 32.1 Å². The van der Waals surface area contributed by atoms with Crippen LogP contribution in [-0.2, 0) is 20.8 Å². The third-order valence-corrected chi connectivity index (χ3v) is 4.35. The minimum atomic E-state index is -0.790. The molecule has 0 saturated heterocycles. The molecule has 0 aliphatic heterocycles. The minimum absolute atomic E-state index is 0.0217. The number of carbonyl (C=O) groups excluding carboxylic acids is 1. The molecule has 0 bridgehead atoms. The van der Waals surface area contributed by atoms with Gasteiger partial charge in [-0.25, -0.2) is 4.98 Å². The number of nitrogens with one attached hydrogen (secondary N) is 1. The summed E-state index contributed by atoms with van der Waals surface area (Å²) in [6, 6.07) is 0. The van der Waals surface area contributed by atoms with Crippen molar-refractivity contribution in [3.63, 3.8) is 0 Å². The fraction of sp³-hybridized carbons (Fsp3) is 0.571. The van der Waals surface area contributed by atoms with Gasteiger partial charge in [0.2, 0.25) is 5.91 Å². The third-order valence-electron chi connectivity index (χ3n) is 3.63. The van der Waals surface area contributed by atoms with Gasteiger partial charge in [-0.2, -0.15) is 0 Å². The molecule has 2 rings (SSSR count). The van der Waals surface area contributed by atoms with Gasteiger partial charge in [0.1, 0.15) is 0 Å². The maximum absolute atomic E-state index is 11.9. The molecular formula is C14H21N3O5S. The quantitative estimate of drug-likeness (QED) is 0.445. The molecule has 128 valence electrons. The van der Waals surface area contributed by atoms with E-state index >= 15 is 0 Å². The van der Waals surface area contributed by atoms with Crippen molar-refractivity contribution in [1.82, 2.24) is 10.3 Å². The number of carboxylic acids is 1. The summed E-state index contributed by atoms with van der Waals surface area (Å²) in [5.41, 5.74) is 6.49. The van der Waals surface area contributed by atoms with E-state index in [1.807, 2.05) is 5.38 Å². The van der Waals surface area contributed by atoms with Gasteiger partial charge >= 0.3 is 5.97 Å². The second kappa shape index (κ2) is 9.78. The summed E-state index contributed by atoms with van der Waals surface area (Å²) >= 11 is 1.42. The van der Waals surface area contributed by atoms with Crippen LogP contribution < -0.4 is 11.1 Å². The summed E-state index contributed by atoms with van der Waals surface area (Å²) in [6.07, 6.45) is 3.33. The van der Waals surface area contributed by atoms with Crippen LogP contribution in [0, 0.1) is 11.8 Å². The van der Waals surface area contributed by atoms with Crippen LogP contribution in [0.3, 0.4) is 0 Å². The van der Waals surface area contributed by atoms with Crippen molar-refractivity contribution < 1.29 is 24.6 Å². The highest BCUT2D eigenvalue weighted by Gasteiger charge is 2.33. The molecule has 0 unspecified atom stereocenters. The van der Waals surface area contributed by atoms with Crippen LogP contribution in [0.2, 0.25) is 0 Å². The van der Waals surface area contributed by atoms with Crippen LogP contribution >= 0.6 is 11.3 Å². The summed E-state index contributed by atoms with van der Waals surface area (Å²) in [5.74, 6) is -1.32. The van der Waals surface area contributed by atoms with E-state index in [1.165, 1.54) is 11.3 Å². The molecule has 1 saturated carbocycles. The van der Waals surface area contributed by atoms with E-state index in [0.29, 0.717) is 30.9 Å². The lowest BCUT2D eigenvalue weighted by Crippen LogP contribution is -2.30. The maximum atomic E-state index is 11.9. The molecule has 1 heterocycles. The lowest BCUT2D eigenvalue weighted by Gasteiger charge is -2.10. The molecule has 8 nitrogen and oxygen atoms in total. The van der Waals surface area contributed by atoms with Crippen LogP contribution in [0.1, 0.15) is 31.4 Å². The first-order valence-corrected chi connectivity index (χ1v) is 8.14. The summed E-state index contributed by atoms with van der Waals surface area (Å²) in [4.78, 5) is 35.2. The van der Waals surface area contributed by atoms with Crippen LogP contribution in [0.5, 0.6) is 0 Å². The van der Waals surface area contributed by atoms with Gasteiger partial charge in [0.05, 0.1) is 11.6 Å². The van der Waals surface area contributed by atoms with Crippen LogP contribution in [0.25, 0.3) is 0 Å². The zero-order chi connectivity index (χ0) is 17.2. The lowest BCUT2D eigenvalue weighted by molar-refractivity contribution is -0.141. The van der Waals surface area contributed by atoms with E-state index < -0.39 is 5.97 Å². The van der Waals surface area contributed by atoms with E-state index in [-0.39, 0.29) is 24.2 Å². The Bertz CT molecular complexity index is 534. The van der Waals surface area contributed by atoms with Gasteiger partial charge in [-0.1, -0.05) is 0 Å². The predicted octanol–water partition coefficient (Wildman–Crippen LogP) is 0.976. The molecule has 5 N–H and O–H groups in total. The monoisotopic (exact) mass is 343 g/mol. The summed E-state index contributed by atoms with van der Waals surface area (Å²) in [5, 5.41) is 21.2. The highest BCUT2D eigenvalue weighted by Crippen LogP contribution is 2.31. The molecule has 1 aliphatic rings. The molecule has 0 radical (unpaired) electrons. The first-order valence-electron chi connectivity index (χ1n) is 7.26. The molecule has 23 heavy (non-hydrogen) atoms. The summed E-state index contributed by atoms with van der Waals surface area (Å²) in [6.45, 7) is 0.338. The molecule has 1 aromatic heterocycles. The zero-order valence-corrected chi connectivity index (χ0v) is 13.4. The maximum Gasteiger partial charge on any atom is 0.306 e. The van der Waals surface area contributed by atoms with E-state index in [0.717, 1.165) is 18.5 Å². The Hall–Kier alpha value is -2.16. The molecule has 2 atom stereocenters. The van der Waals surface area contributed by atoms with Crippen molar-refractivity contribution in [3.8, 4) is 0 Å². The third kappa shape index (κ3) is 6.64. The van der Waals surface area contributed by atoms with Gasteiger partial charge in [0.15, 0.2) is 5.13 Å². The highest BCUT2D eigenvalue weighted by molar-refractivity contribution is 7.13. The number of carbonyl (C=O) groups is 3. The van der Waals surface area contributed by atoms with Crippen molar-refractivity contribution in [2.24, 2.45) is 11.8 Å². The predicted molar refractivity (Wildman–Crippen MR) is 85.0 cm³/mol. The Kier molecular flexibility index (Phi) is 8.03. The van der Waals surface area contributed by atoms with Crippen LogP contribution in [0.4, 0.5) is 5.13 Å². The van der Waals surface area contributed by atoms with Crippen LogP contribution in [-0.4, -0.2) is 40.1 Å². The van der Waals surface area contributed by atoms with Gasteiger partial charge in [-0.05, 0) is 32.1 Å². The Morgan fingerprint density at radius 1 is 1.43 bits per heavy atom. The van der Waals surface area contributed by atoms with E-state index in [2.05, 4.69) is 10.3 Å². The number of aliphatic carboxylic acids is 1. The number of nitrogen functional groups attached to an aromatic ring is 1. The number of nitrogens with two attached hydrogens (primary N) is 1. The Labute approximate surface area is 137 Å². The van der Waals surface area contributed by atoms with Crippen molar-refractivity contribution in [3.05, 3.63) is 11.1 Å². The first-order chi connectivity index (χ1) is 11.0. The normalized spacial score (nSPS) is 19.5. The van der Waals surface area contributed by atoms with E-state index in [4.69, 9.17) is 20.7 Å². The van der Waals surface area contributed by atoms with Gasteiger partial charge < -0.3 is 21.3 Å². The number of aromatic nitrogens is 1. The molecule has 9 heteroatoms. The molecule has 1 amide bonds. The number of aryl methyl sites for hydroxylation is 1. The second-order valence-corrected chi connectivity index (χ2v) is 6.11. The van der Waals surface area contributed by atoms with Crippen LogP contribution in [0.15, 0.2) is 5.38 Å². The number of rotatable bonds is 6. The largest absolute Gasteiger partial charge is 0.483 e. The number of hydrogen-bond acceptors (Lipinski definition) is 6. The Morgan fingerprint density at radius 3 is 2.61 bits per heavy atom. The van der Waals surface area contributed by atoms with E-state index in [9.17, 15) is 9.59 Å². The topological polar surface area (TPSA) is 143 Å². The van der Waals surface area contributed by atoms with Gasteiger partial charge in [-0.15, -0.1) is 11.3 Å². The highest BCUT2D eigenvalue weighted by atomic mass is 32.1. The van der Waals surface area contributed by atoms with E-state index in [1.54, 1.807) is 0 Å². The number of amides is 1. The Morgan fingerprint density at radius 2 is 2.09 bits per heavy atom. The zero-order valence-electron chi connectivity index (χ0n) is 12.6. The summed E-state index contributed by atoms with van der Waals surface area (Å²) in [7, 11) is 0. The minimum Gasteiger partial charge on any atom is -0.483 e. The SMILES string of the molecule is Nc1nc(CCCNC(=O)[C@H]2CC[C@@H](C(=O)O)C2)cs1.O=CO. The summed E-state index contributed by atoms with van der Waals surface area (Å²) < 4.78 is 0. The molecule has 1 aliphatic carbocycles. The van der Waals surface area contributed by atoms with Gasteiger partial charge in [0, 0.05) is 17.8 Å². The number of carboxylic acid groups (broad SMARTS) is 2. The molecule has 1 fully saturated rings.